The van der Waals surface area contributed by atoms with Gasteiger partial charge in [-0.2, -0.15) is 19.9 Å². The van der Waals surface area contributed by atoms with Crippen LogP contribution in [0.1, 0.15) is 124 Å². The van der Waals surface area contributed by atoms with Crippen LogP contribution in [0.15, 0.2) is 110 Å². The number of aliphatic hydroxyl groups excluding tert-OH is 4. The zero-order valence-corrected chi connectivity index (χ0v) is 54.3. The van der Waals surface area contributed by atoms with Gasteiger partial charge in [0.1, 0.15) is 52.6 Å². The molecule has 2 aliphatic carbocycles. The third-order valence-corrected chi connectivity index (χ3v) is 20.0. The molecule has 23 heteroatoms. The number of hydrogen-bond acceptors (Lipinski definition) is 21. The van der Waals surface area contributed by atoms with Crippen LogP contribution >= 0.6 is 0 Å². The molecule has 496 valence electrons. The van der Waals surface area contributed by atoms with Gasteiger partial charge in [-0.05, 0) is 120 Å². The van der Waals surface area contributed by atoms with Gasteiger partial charge in [0.25, 0.3) is 0 Å². The molecule has 23 nitrogen and oxygen atoms in total. The molecule has 2 saturated carbocycles. The lowest BCUT2D eigenvalue weighted by molar-refractivity contribution is -0.121. The summed E-state index contributed by atoms with van der Waals surface area (Å²) in [7, 11) is 6.56. The first-order valence-electron chi connectivity index (χ1n) is 32.9. The quantitative estimate of drug-likeness (QED) is 0.0268. The molecule has 0 bridgehead atoms. The highest BCUT2D eigenvalue weighted by molar-refractivity contribution is 5.86. The molecular weight excluding hydrogens is 1200 g/mol. The molecule has 10 atom stereocenters. The summed E-state index contributed by atoms with van der Waals surface area (Å²) in [5.41, 5.74) is 6.11. The number of rotatable bonds is 28. The van der Waals surface area contributed by atoms with Crippen LogP contribution in [0.4, 0.5) is 23.5 Å². The summed E-state index contributed by atoms with van der Waals surface area (Å²) in [6.07, 6.45) is 2.70. The molecule has 6 N–H and O–H groups in total. The van der Waals surface area contributed by atoms with Crippen LogP contribution in [-0.2, 0) is 14.4 Å². The monoisotopic (exact) mass is 1280 g/mol. The van der Waals surface area contributed by atoms with E-state index in [1.807, 2.05) is 106 Å². The molecule has 8 aromatic rings. The number of anilines is 4. The number of benzene rings is 4. The van der Waals surface area contributed by atoms with Crippen LogP contribution < -0.4 is 39.4 Å². The number of Topliss-reactive ketones (excluding diaryl/α,β-unsaturated/α-hetero) is 3. The number of fused-ring (bicyclic) bond motifs is 2. The summed E-state index contributed by atoms with van der Waals surface area (Å²) in [5, 5.41) is 53.0. The second kappa shape index (κ2) is 28.8. The predicted octanol–water partition coefficient (Wildman–Crippen LogP) is 8.49. The largest absolute Gasteiger partial charge is 0.497 e. The molecular formula is C71H86N12O11. The molecule has 4 aromatic heterocycles. The van der Waals surface area contributed by atoms with Crippen molar-refractivity contribution < 1.29 is 53.8 Å². The van der Waals surface area contributed by atoms with Crippen LogP contribution in [0, 0.1) is 23.7 Å². The molecule has 4 aliphatic rings. The van der Waals surface area contributed by atoms with Gasteiger partial charge < -0.3 is 68.9 Å². The second-order valence-corrected chi connectivity index (χ2v) is 25.8. The van der Waals surface area contributed by atoms with Gasteiger partial charge in [-0.3, -0.25) is 14.4 Å². The lowest BCUT2D eigenvalue weighted by Crippen LogP contribution is -2.30. The van der Waals surface area contributed by atoms with Gasteiger partial charge in [0.05, 0.1) is 65.4 Å². The molecule has 2 aliphatic heterocycles. The van der Waals surface area contributed by atoms with Crippen molar-refractivity contribution in [2.45, 2.75) is 126 Å². The number of imidazole rings is 2. The van der Waals surface area contributed by atoms with Crippen molar-refractivity contribution in [2.75, 3.05) is 88.1 Å². The van der Waals surface area contributed by atoms with E-state index < -0.39 is 48.3 Å². The van der Waals surface area contributed by atoms with Crippen molar-refractivity contribution in [3.63, 3.8) is 0 Å². The number of nitrogens with one attached hydrogen (secondary N) is 2. The normalized spacial score (nSPS) is 22.9. The molecule has 6 heterocycles. The fraction of sp³-hybridized carbons (Fsp3) is 0.479. The summed E-state index contributed by atoms with van der Waals surface area (Å²) in [6, 6.07) is 30.7. The van der Waals surface area contributed by atoms with E-state index in [0.29, 0.717) is 124 Å². The molecule has 2 saturated heterocycles. The van der Waals surface area contributed by atoms with Gasteiger partial charge in [-0.25, -0.2) is 9.97 Å². The molecule has 0 amide bonds. The van der Waals surface area contributed by atoms with Crippen LogP contribution in [0.2, 0.25) is 0 Å². The van der Waals surface area contributed by atoms with Crippen molar-refractivity contribution >= 4 is 63.2 Å². The first-order chi connectivity index (χ1) is 45.6. The van der Waals surface area contributed by atoms with Crippen molar-refractivity contribution in [1.82, 2.24) is 39.0 Å². The maximum atomic E-state index is 14.4. The zero-order valence-electron chi connectivity index (χ0n) is 54.3. The fourth-order valence-corrected chi connectivity index (χ4v) is 14.5. The third kappa shape index (κ3) is 13.9. The number of aromatic nitrogens is 8. The SMILES string of the molecule is CCC(=O)C[C@H]1C[C@@H](n2cnc3c(NCC(c4ccc(OC)cc4)c4ccc(OC)cc4)nc(N4CC[C@@H](CC(=O)C[C@@H]5CCN(c6nc(NCC(c7ccc(OC)cc7)c7ccc(OC)cc7)c7ncn([C@@H]8C[C@H](CC(=O)CC)[C@@H](O)[C@H]8O)c7n6)C5)C4)nc32)[C@H](O)[C@@H]1O. The lowest BCUT2D eigenvalue weighted by atomic mass is 9.91. The van der Waals surface area contributed by atoms with Crippen LogP contribution in [0.25, 0.3) is 22.3 Å². The van der Waals surface area contributed by atoms with Gasteiger partial charge in [0, 0.05) is 89.6 Å². The van der Waals surface area contributed by atoms with E-state index in [-0.39, 0.29) is 53.9 Å². The number of carbonyl (C=O) groups excluding carboxylic acids is 3. The van der Waals surface area contributed by atoms with E-state index >= 15 is 0 Å². The molecule has 0 radical (unpaired) electrons. The van der Waals surface area contributed by atoms with Crippen molar-refractivity contribution in [2.24, 2.45) is 23.7 Å². The van der Waals surface area contributed by atoms with Crippen LogP contribution in [0.5, 0.6) is 23.0 Å². The van der Waals surface area contributed by atoms with E-state index in [4.69, 9.17) is 48.9 Å². The summed E-state index contributed by atoms with van der Waals surface area (Å²) in [4.78, 5) is 74.3. The third-order valence-electron chi connectivity index (χ3n) is 20.0. The highest BCUT2D eigenvalue weighted by Crippen LogP contribution is 2.43. The lowest BCUT2D eigenvalue weighted by Gasteiger charge is -2.22. The van der Waals surface area contributed by atoms with Crippen molar-refractivity contribution in [1.29, 1.82) is 0 Å². The Morgan fingerprint density at radius 3 is 1.14 bits per heavy atom. The van der Waals surface area contributed by atoms with Crippen molar-refractivity contribution in [3.8, 4) is 23.0 Å². The molecule has 0 spiro atoms. The number of carbonyl (C=O) groups is 3. The van der Waals surface area contributed by atoms with E-state index in [1.54, 1.807) is 54.9 Å². The Hall–Kier alpha value is -8.77. The number of ether oxygens (including phenoxy) is 4. The minimum atomic E-state index is -1.16. The Kier molecular flexibility index (Phi) is 20.0. The first kappa shape index (κ1) is 65.3. The van der Waals surface area contributed by atoms with Gasteiger partial charge in [-0.1, -0.05) is 62.4 Å². The Bertz CT molecular complexity index is 3580. The number of methoxy groups -OCH3 is 4. The Balaban J connectivity index is 0.777. The molecule has 4 aromatic carbocycles. The van der Waals surface area contributed by atoms with Crippen molar-refractivity contribution in [3.05, 3.63) is 132 Å². The molecule has 94 heavy (non-hydrogen) atoms. The number of hydrogen-bond donors (Lipinski definition) is 6. The first-order valence-corrected chi connectivity index (χ1v) is 32.9. The number of nitrogens with zero attached hydrogens (tertiary/aromatic N) is 10. The highest BCUT2D eigenvalue weighted by atomic mass is 16.5. The zero-order chi connectivity index (χ0) is 65.7. The Morgan fingerprint density at radius 1 is 0.479 bits per heavy atom. The highest BCUT2D eigenvalue weighted by Gasteiger charge is 2.45. The van der Waals surface area contributed by atoms with Gasteiger partial charge in [0.2, 0.25) is 11.9 Å². The summed E-state index contributed by atoms with van der Waals surface area (Å²) in [5.74, 6) is 3.93. The Labute approximate surface area is 546 Å². The average Bonchev–Trinajstić information content (AvgIpc) is 1.60. The topological polar surface area (TPSA) is 287 Å². The summed E-state index contributed by atoms with van der Waals surface area (Å²) in [6.45, 7) is 6.70. The standard InChI is InChI=1S/C71H86N12O11/c1-7-49(84)31-47-33-58(64(89)62(47)87)82-39-74-60-66(72-35-56(43-9-17-52(91-3)18-10-43)44-11-19-53(92-4)20-12-44)76-70(78-68(60)82)80-27-25-41(37-80)29-51(86)30-42-26-28-81(38-42)71-77-67(61-69(79-71)83(40-75-61)59-34-48(32-50(85)8-2)63(88)65(59)90)73-36-57(45-13-21-54(93-5)22-14-45)46-15-23-55(94-6)24-16-46/h9-24,39-42,47-48,56-59,62-65,87-90H,7-8,25-38H2,1-6H3,(H,72,76,78)(H,73,77,79)/t41-,42-,47-,48-,58+,59+,62+,63+,64-,65-/m0/s1. The maximum Gasteiger partial charge on any atom is 0.229 e. The van der Waals surface area contributed by atoms with E-state index in [0.717, 1.165) is 58.1 Å². The maximum absolute atomic E-state index is 14.4. The summed E-state index contributed by atoms with van der Waals surface area (Å²) >= 11 is 0. The van der Waals surface area contributed by atoms with Gasteiger partial charge in [0.15, 0.2) is 34.0 Å². The van der Waals surface area contributed by atoms with E-state index in [1.165, 1.54) is 0 Å². The van der Waals surface area contributed by atoms with E-state index in [9.17, 15) is 34.8 Å². The van der Waals surface area contributed by atoms with Crippen LogP contribution in [-0.4, -0.2) is 169 Å². The van der Waals surface area contributed by atoms with Gasteiger partial charge >= 0.3 is 0 Å². The minimum Gasteiger partial charge on any atom is -0.497 e. The fourth-order valence-electron chi connectivity index (χ4n) is 14.5. The smallest absolute Gasteiger partial charge is 0.229 e. The van der Waals surface area contributed by atoms with Gasteiger partial charge in [-0.15, -0.1) is 0 Å². The molecule has 4 fully saturated rings. The number of aliphatic hydroxyl groups is 4. The van der Waals surface area contributed by atoms with Crippen LogP contribution in [0.3, 0.4) is 0 Å². The number of ketones is 3. The Morgan fingerprint density at radius 2 is 0.819 bits per heavy atom. The second-order valence-electron chi connectivity index (χ2n) is 25.8. The summed E-state index contributed by atoms with van der Waals surface area (Å²) < 4.78 is 25.7. The van der Waals surface area contributed by atoms with E-state index in [2.05, 4.69) is 20.4 Å². The molecule has 12 rings (SSSR count). The average molecular weight is 1280 g/mol. The predicted molar refractivity (Wildman–Crippen MR) is 356 cm³/mol. The minimum absolute atomic E-state index is 0.0206. The molecule has 0 unspecified atom stereocenters.